The minimum atomic E-state index is 0.672. The van der Waals surface area contributed by atoms with Crippen molar-refractivity contribution in [3.05, 3.63) is 23.8 Å². The average molecular weight is 152 g/mol. The monoisotopic (exact) mass is 152 g/mol. The van der Waals surface area contributed by atoms with Crippen molar-refractivity contribution in [3.8, 4) is 0 Å². The number of hydrogen-bond donors (Lipinski definition) is 0. The molecule has 0 heterocycles. The quantitative estimate of drug-likeness (QED) is 0.535. The summed E-state index contributed by atoms with van der Waals surface area (Å²) in [5.74, 6) is 0.672. The van der Waals surface area contributed by atoms with E-state index in [-0.39, 0.29) is 0 Å². The Bertz CT molecular complexity index is 147. The SMILES string of the molecule is C=C(C)C(C)CCC=C(C)C. The third-order valence-electron chi connectivity index (χ3n) is 1.99. The molecule has 0 saturated carbocycles. The van der Waals surface area contributed by atoms with Crippen LogP contribution in [-0.2, 0) is 0 Å². The third-order valence-corrected chi connectivity index (χ3v) is 1.99. The standard InChI is InChI=1S/C11H20/c1-9(2)7-6-8-11(5)10(3)4/h7,11H,3,6,8H2,1-2,4-5H3. The van der Waals surface area contributed by atoms with Gasteiger partial charge in [0.05, 0.1) is 0 Å². The molecule has 0 nitrogen and oxygen atoms in total. The molecule has 0 aromatic carbocycles. The lowest BCUT2D eigenvalue weighted by atomic mass is 9.98. The highest BCUT2D eigenvalue weighted by Crippen LogP contribution is 2.14. The van der Waals surface area contributed by atoms with Crippen molar-refractivity contribution >= 4 is 0 Å². The molecular formula is C11H20. The highest BCUT2D eigenvalue weighted by atomic mass is 14.0. The maximum atomic E-state index is 3.93. The molecule has 0 heteroatoms. The van der Waals surface area contributed by atoms with Crippen molar-refractivity contribution in [3.63, 3.8) is 0 Å². The molecule has 0 aliphatic rings. The molecule has 1 unspecified atom stereocenters. The van der Waals surface area contributed by atoms with Gasteiger partial charge in [-0.05, 0) is 39.5 Å². The predicted octanol–water partition coefficient (Wildman–Crippen LogP) is 3.95. The number of allylic oxidation sites excluding steroid dienone is 3. The van der Waals surface area contributed by atoms with Gasteiger partial charge in [0, 0.05) is 0 Å². The zero-order chi connectivity index (χ0) is 8.85. The lowest BCUT2D eigenvalue weighted by molar-refractivity contribution is 0.622. The molecule has 0 radical (unpaired) electrons. The van der Waals surface area contributed by atoms with Crippen molar-refractivity contribution in [1.29, 1.82) is 0 Å². The molecule has 0 spiro atoms. The topological polar surface area (TPSA) is 0 Å². The highest BCUT2D eigenvalue weighted by molar-refractivity contribution is 4.97. The van der Waals surface area contributed by atoms with Crippen molar-refractivity contribution in [1.82, 2.24) is 0 Å². The summed E-state index contributed by atoms with van der Waals surface area (Å²) in [6.07, 6.45) is 4.72. The van der Waals surface area contributed by atoms with Crippen LogP contribution in [0.2, 0.25) is 0 Å². The Balaban J connectivity index is 3.55. The average Bonchev–Trinajstić information content (AvgIpc) is 1.86. The Morgan fingerprint density at radius 2 is 1.91 bits per heavy atom. The predicted molar refractivity (Wildman–Crippen MR) is 52.6 cm³/mol. The normalized spacial score (nSPS) is 12.4. The van der Waals surface area contributed by atoms with E-state index in [1.165, 1.54) is 24.0 Å². The second kappa shape index (κ2) is 5.17. The van der Waals surface area contributed by atoms with E-state index in [1.54, 1.807) is 0 Å². The van der Waals surface area contributed by atoms with Crippen LogP contribution in [0.15, 0.2) is 23.8 Å². The molecule has 1 atom stereocenters. The fourth-order valence-electron chi connectivity index (χ4n) is 0.868. The molecule has 0 aromatic heterocycles. The molecule has 0 rings (SSSR count). The van der Waals surface area contributed by atoms with Crippen molar-refractivity contribution in [2.75, 3.05) is 0 Å². The molecule has 0 N–H and O–H groups in total. The summed E-state index contributed by atoms with van der Waals surface area (Å²) < 4.78 is 0. The van der Waals surface area contributed by atoms with Crippen molar-refractivity contribution in [2.24, 2.45) is 5.92 Å². The Labute approximate surface area is 71.0 Å². The third kappa shape index (κ3) is 5.90. The minimum absolute atomic E-state index is 0.672. The molecule has 0 saturated heterocycles. The van der Waals surface area contributed by atoms with E-state index < -0.39 is 0 Å². The Morgan fingerprint density at radius 1 is 1.36 bits per heavy atom. The van der Waals surface area contributed by atoms with Crippen molar-refractivity contribution < 1.29 is 0 Å². The van der Waals surface area contributed by atoms with Crippen molar-refractivity contribution in [2.45, 2.75) is 40.5 Å². The molecule has 0 aromatic rings. The minimum Gasteiger partial charge on any atom is -0.0999 e. The van der Waals surface area contributed by atoms with Gasteiger partial charge >= 0.3 is 0 Å². The molecule has 0 amide bonds. The fourth-order valence-corrected chi connectivity index (χ4v) is 0.868. The Kier molecular flexibility index (Phi) is 4.93. The Hall–Kier alpha value is -0.520. The summed E-state index contributed by atoms with van der Waals surface area (Å²) >= 11 is 0. The van der Waals surface area contributed by atoms with E-state index in [4.69, 9.17) is 0 Å². The molecule has 0 bridgehead atoms. The van der Waals surface area contributed by atoms with Crippen LogP contribution in [0.4, 0.5) is 0 Å². The van der Waals surface area contributed by atoms with Gasteiger partial charge in [0.25, 0.3) is 0 Å². The molecule has 0 aliphatic heterocycles. The van der Waals surface area contributed by atoms with E-state index in [0.29, 0.717) is 5.92 Å². The zero-order valence-electron chi connectivity index (χ0n) is 8.28. The summed E-state index contributed by atoms with van der Waals surface area (Å²) in [6, 6.07) is 0. The maximum absolute atomic E-state index is 3.93. The first-order chi connectivity index (χ1) is 5.04. The van der Waals surface area contributed by atoms with Gasteiger partial charge in [-0.25, -0.2) is 0 Å². The van der Waals surface area contributed by atoms with Crippen LogP contribution in [0.25, 0.3) is 0 Å². The van der Waals surface area contributed by atoms with E-state index in [1.807, 2.05) is 0 Å². The van der Waals surface area contributed by atoms with Crippen LogP contribution in [0.5, 0.6) is 0 Å². The van der Waals surface area contributed by atoms with Gasteiger partial charge in [-0.3, -0.25) is 0 Å². The van der Waals surface area contributed by atoms with Gasteiger partial charge in [-0.15, -0.1) is 0 Å². The summed E-state index contributed by atoms with van der Waals surface area (Å²) in [5.41, 5.74) is 2.71. The van der Waals surface area contributed by atoms with Gasteiger partial charge < -0.3 is 0 Å². The van der Waals surface area contributed by atoms with E-state index in [9.17, 15) is 0 Å². The van der Waals surface area contributed by atoms with E-state index in [0.717, 1.165) is 0 Å². The second-order valence-electron chi connectivity index (χ2n) is 3.61. The summed E-state index contributed by atoms with van der Waals surface area (Å²) in [5, 5.41) is 0. The second-order valence-corrected chi connectivity index (χ2v) is 3.61. The highest BCUT2D eigenvalue weighted by Gasteiger charge is 1.99. The lowest BCUT2D eigenvalue weighted by Crippen LogP contribution is -1.93. The van der Waals surface area contributed by atoms with E-state index in [2.05, 4.69) is 40.3 Å². The van der Waals surface area contributed by atoms with Gasteiger partial charge in [-0.1, -0.05) is 30.7 Å². The number of hydrogen-bond acceptors (Lipinski definition) is 0. The van der Waals surface area contributed by atoms with Crippen LogP contribution in [0.3, 0.4) is 0 Å². The first-order valence-corrected chi connectivity index (χ1v) is 4.32. The number of rotatable bonds is 4. The summed E-state index contributed by atoms with van der Waals surface area (Å²) in [6.45, 7) is 12.6. The lowest BCUT2D eigenvalue weighted by Gasteiger charge is -2.08. The van der Waals surface area contributed by atoms with Gasteiger partial charge in [-0.2, -0.15) is 0 Å². The molecule has 0 fully saturated rings. The van der Waals surface area contributed by atoms with Gasteiger partial charge in [0.1, 0.15) is 0 Å². The van der Waals surface area contributed by atoms with Crippen LogP contribution in [0, 0.1) is 5.92 Å². The maximum Gasteiger partial charge on any atom is -0.0234 e. The molecule has 0 aliphatic carbocycles. The van der Waals surface area contributed by atoms with Gasteiger partial charge in [0.2, 0.25) is 0 Å². The summed E-state index contributed by atoms with van der Waals surface area (Å²) in [4.78, 5) is 0. The van der Waals surface area contributed by atoms with E-state index >= 15 is 0 Å². The van der Waals surface area contributed by atoms with Crippen LogP contribution in [0.1, 0.15) is 40.5 Å². The zero-order valence-corrected chi connectivity index (χ0v) is 8.28. The largest absolute Gasteiger partial charge is 0.0999 e. The smallest absolute Gasteiger partial charge is 0.0234 e. The fraction of sp³-hybridized carbons (Fsp3) is 0.636. The molecular weight excluding hydrogens is 132 g/mol. The first-order valence-electron chi connectivity index (χ1n) is 4.32. The van der Waals surface area contributed by atoms with Crippen LogP contribution < -0.4 is 0 Å². The first kappa shape index (κ1) is 10.5. The van der Waals surface area contributed by atoms with Crippen LogP contribution >= 0.6 is 0 Å². The van der Waals surface area contributed by atoms with Crippen LogP contribution in [-0.4, -0.2) is 0 Å². The summed E-state index contributed by atoms with van der Waals surface area (Å²) in [7, 11) is 0. The Morgan fingerprint density at radius 3 is 2.27 bits per heavy atom. The van der Waals surface area contributed by atoms with Gasteiger partial charge in [0.15, 0.2) is 0 Å². The molecule has 11 heavy (non-hydrogen) atoms. The molecule has 64 valence electrons.